The van der Waals surface area contributed by atoms with E-state index in [1.807, 2.05) is 25.1 Å². The van der Waals surface area contributed by atoms with Crippen LogP contribution in [-0.2, 0) is 13.1 Å². The van der Waals surface area contributed by atoms with E-state index in [1.165, 1.54) is 5.56 Å². The maximum Gasteiger partial charge on any atom is 0.238 e. The molecule has 1 aliphatic heterocycles. The zero-order chi connectivity index (χ0) is 13.1. The number of ether oxygens (including phenoxy) is 2. The predicted octanol–water partition coefficient (Wildman–Crippen LogP) is 3.09. The molecule has 0 saturated heterocycles. The summed E-state index contributed by atoms with van der Waals surface area (Å²) < 4.78 is 11.1. The van der Waals surface area contributed by atoms with Gasteiger partial charge in [0.25, 0.3) is 0 Å². The van der Waals surface area contributed by atoms with Crippen LogP contribution in [0.4, 0.5) is 0 Å². The molecule has 2 aromatic carbocycles. The molecule has 0 fully saturated rings. The molecule has 0 spiro atoms. The lowest BCUT2D eigenvalue weighted by Gasteiger charge is -2.24. The molecule has 3 heteroatoms. The average Bonchev–Trinajstić information content (AvgIpc) is 2.42. The van der Waals surface area contributed by atoms with Crippen LogP contribution < -0.4 is 14.8 Å². The van der Waals surface area contributed by atoms with Crippen molar-refractivity contribution in [3.05, 3.63) is 59.7 Å². The number of fused-ring (bicyclic) bond motifs is 2. The average molecular weight is 255 g/mol. The first-order valence-electron chi connectivity index (χ1n) is 6.52. The molecule has 1 N–H and O–H groups in total. The van der Waals surface area contributed by atoms with Crippen LogP contribution in [0.15, 0.2) is 48.5 Å². The minimum absolute atomic E-state index is 0.205. The zero-order valence-corrected chi connectivity index (χ0v) is 10.9. The van der Waals surface area contributed by atoms with E-state index in [0.29, 0.717) is 0 Å². The van der Waals surface area contributed by atoms with E-state index in [-0.39, 0.29) is 6.29 Å². The number of hydrogen-bond acceptors (Lipinski definition) is 3. The Morgan fingerprint density at radius 1 is 1.00 bits per heavy atom. The SMILES string of the molecule is CC1Oc2ccc(CNCc3ccccc3)c(c2)O1. The van der Waals surface area contributed by atoms with E-state index in [9.17, 15) is 0 Å². The van der Waals surface area contributed by atoms with Crippen LogP contribution in [0.25, 0.3) is 0 Å². The van der Waals surface area contributed by atoms with Gasteiger partial charge in [-0.2, -0.15) is 0 Å². The van der Waals surface area contributed by atoms with E-state index >= 15 is 0 Å². The van der Waals surface area contributed by atoms with Gasteiger partial charge in [0.15, 0.2) is 0 Å². The van der Waals surface area contributed by atoms with Gasteiger partial charge in [0.1, 0.15) is 11.5 Å². The first-order chi connectivity index (χ1) is 9.31. The number of hydrogen-bond donors (Lipinski definition) is 1. The number of nitrogens with one attached hydrogen (secondary N) is 1. The van der Waals surface area contributed by atoms with E-state index in [4.69, 9.17) is 9.47 Å². The molecule has 1 unspecified atom stereocenters. The number of rotatable bonds is 4. The molecule has 3 nitrogen and oxygen atoms in total. The van der Waals surface area contributed by atoms with Gasteiger partial charge in [-0.15, -0.1) is 0 Å². The first kappa shape index (κ1) is 12.1. The van der Waals surface area contributed by atoms with E-state index in [0.717, 1.165) is 30.2 Å². The van der Waals surface area contributed by atoms with Crippen molar-refractivity contribution in [2.45, 2.75) is 26.3 Å². The fourth-order valence-corrected chi connectivity index (χ4v) is 2.20. The summed E-state index contributed by atoms with van der Waals surface area (Å²) in [6.45, 7) is 3.55. The Labute approximate surface area is 113 Å². The molecular formula is C16H17NO2. The Morgan fingerprint density at radius 2 is 1.84 bits per heavy atom. The minimum Gasteiger partial charge on any atom is -0.455 e. The van der Waals surface area contributed by atoms with Gasteiger partial charge in [-0.25, -0.2) is 0 Å². The fourth-order valence-electron chi connectivity index (χ4n) is 2.20. The lowest BCUT2D eigenvalue weighted by Crippen LogP contribution is -2.24. The second kappa shape index (κ2) is 5.33. The van der Waals surface area contributed by atoms with Crippen molar-refractivity contribution in [2.75, 3.05) is 0 Å². The molecule has 3 rings (SSSR count). The van der Waals surface area contributed by atoms with Crippen LogP contribution in [-0.4, -0.2) is 6.29 Å². The second-order valence-electron chi connectivity index (χ2n) is 4.66. The zero-order valence-electron chi connectivity index (χ0n) is 10.9. The highest BCUT2D eigenvalue weighted by Crippen LogP contribution is 2.30. The van der Waals surface area contributed by atoms with Crippen LogP contribution in [0.2, 0.25) is 0 Å². The molecule has 0 radical (unpaired) electrons. The maximum absolute atomic E-state index is 5.66. The highest BCUT2D eigenvalue weighted by atomic mass is 16.7. The van der Waals surface area contributed by atoms with Gasteiger partial charge in [0, 0.05) is 31.6 Å². The van der Waals surface area contributed by atoms with Crippen LogP contribution >= 0.6 is 0 Å². The van der Waals surface area contributed by atoms with Crippen molar-refractivity contribution in [2.24, 2.45) is 0 Å². The third kappa shape index (κ3) is 2.88. The molecule has 0 saturated carbocycles. The van der Waals surface area contributed by atoms with E-state index < -0.39 is 0 Å². The summed E-state index contributed by atoms with van der Waals surface area (Å²) >= 11 is 0. The van der Waals surface area contributed by atoms with Crippen LogP contribution in [0, 0.1) is 0 Å². The summed E-state index contributed by atoms with van der Waals surface area (Å²) in [5, 5.41) is 3.43. The smallest absolute Gasteiger partial charge is 0.238 e. The first-order valence-corrected chi connectivity index (χ1v) is 6.52. The normalized spacial score (nSPS) is 16.6. The summed E-state index contributed by atoms with van der Waals surface area (Å²) in [6, 6.07) is 16.4. The molecule has 98 valence electrons. The topological polar surface area (TPSA) is 30.5 Å². The summed E-state index contributed by atoms with van der Waals surface area (Å²) in [5.41, 5.74) is 2.44. The highest BCUT2D eigenvalue weighted by molar-refractivity contribution is 5.42. The Morgan fingerprint density at radius 3 is 2.68 bits per heavy atom. The van der Waals surface area contributed by atoms with Crippen molar-refractivity contribution in [3.63, 3.8) is 0 Å². The Hall–Kier alpha value is -2.00. The molecule has 19 heavy (non-hydrogen) atoms. The molecule has 2 bridgehead atoms. The summed E-state index contributed by atoms with van der Waals surface area (Å²) in [7, 11) is 0. The molecule has 0 aromatic heterocycles. The maximum atomic E-state index is 5.66. The van der Waals surface area contributed by atoms with Gasteiger partial charge < -0.3 is 14.8 Å². The molecular weight excluding hydrogens is 238 g/mol. The van der Waals surface area contributed by atoms with Crippen molar-refractivity contribution >= 4 is 0 Å². The predicted molar refractivity (Wildman–Crippen MR) is 74.1 cm³/mol. The third-order valence-electron chi connectivity index (χ3n) is 3.12. The molecule has 0 aliphatic carbocycles. The van der Waals surface area contributed by atoms with Crippen LogP contribution in [0.1, 0.15) is 18.1 Å². The monoisotopic (exact) mass is 255 g/mol. The number of benzene rings is 2. The van der Waals surface area contributed by atoms with Crippen LogP contribution in [0.3, 0.4) is 0 Å². The Kier molecular flexibility index (Phi) is 3.38. The molecule has 1 atom stereocenters. The van der Waals surface area contributed by atoms with Gasteiger partial charge in [-0.3, -0.25) is 0 Å². The molecule has 1 heterocycles. The summed E-state index contributed by atoms with van der Waals surface area (Å²) in [6.07, 6.45) is -0.205. The second-order valence-corrected chi connectivity index (χ2v) is 4.66. The molecule has 0 amide bonds. The molecule has 2 aromatic rings. The lowest BCUT2D eigenvalue weighted by atomic mass is 10.1. The quantitative estimate of drug-likeness (QED) is 0.910. The van der Waals surface area contributed by atoms with E-state index in [2.05, 4.69) is 35.6 Å². The van der Waals surface area contributed by atoms with Crippen LogP contribution in [0.5, 0.6) is 11.5 Å². The van der Waals surface area contributed by atoms with E-state index in [1.54, 1.807) is 0 Å². The Balaban J connectivity index is 1.62. The standard InChI is InChI=1S/C16H17NO2/c1-12-18-15-8-7-14(16(9-15)19-12)11-17-10-13-5-3-2-4-6-13/h2-9,12,17H,10-11H2,1H3. The summed E-state index contributed by atoms with van der Waals surface area (Å²) in [4.78, 5) is 0. The van der Waals surface area contributed by atoms with Crippen molar-refractivity contribution < 1.29 is 9.47 Å². The minimum atomic E-state index is -0.205. The largest absolute Gasteiger partial charge is 0.455 e. The van der Waals surface area contributed by atoms with Crippen molar-refractivity contribution in [3.8, 4) is 11.5 Å². The van der Waals surface area contributed by atoms with Gasteiger partial charge >= 0.3 is 0 Å². The lowest BCUT2D eigenvalue weighted by molar-refractivity contribution is 0.00958. The Bertz CT molecular complexity index is 554. The van der Waals surface area contributed by atoms with Crippen molar-refractivity contribution in [1.82, 2.24) is 5.32 Å². The highest BCUT2D eigenvalue weighted by Gasteiger charge is 2.16. The van der Waals surface area contributed by atoms with Gasteiger partial charge in [0.2, 0.25) is 6.29 Å². The molecule has 1 aliphatic rings. The fraction of sp³-hybridized carbons (Fsp3) is 0.250. The van der Waals surface area contributed by atoms with Gasteiger partial charge in [-0.05, 0) is 11.6 Å². The third-order valence-corrected chi connectivity index (χ3v) is 3.12. The van der Waals surface area contributed by atoms with Crippen molar-refractivity contribution in [1.29, 1.82) is 0 Å². The van der Waals surface area contributed by atoms with Gasteiger partial charge in [-0.1, -0.05) is 36.4 Å². The summed E-state index contributed by atoms with van der Waals surface area (Å²) in [5.74, 6) is 1.79. The van der Waals surface area contributed by atoms with Gasteiger partial charge in [0.05, 0.1) is 0 Å².